The molecule has 11 heteroatoms. The summed E-state index contributed by atoms with van der Waals surface area (Å²) < 4.78 is 30.1. The molecule has 1 fully saturated rings. The number of halogens is 1. The molecule has 0 atom stereocenters. The highest BCUT2D eigenvalue weighted by Gasteiger charge is 2.36. The molecule has 1 aliphatic rings. The molecule has 200 valence electrons. The van der Waals surface area contributed by atoms with Crippen molar-refractivity contribution < 1.29 is 37.8 Å². The van der Waals surface area contributed by atoms with E-state index in [1.807, 2.05) is 0 Å². The predicted molar refractivity (Wildman–Crippen MR) is 140 cm³/mol. The van der Waals surface area contributed by atoms with Crippen LogP contribution in [0, 0.1) is 5.82 Å². The SMILES string of the molecule is CCOc1cc(/C=C2\C(=O)NC(=O)N(c3ccc(OC)cc3)C2=O)ccc1OCC(=O)Nc1ccccc1F. The van der Waals surface area contributed by atoms with Gasteiger partial charge in [0.2, 0.25) is 0 Å². The van der Waals surface area contributed by atoms with Gasteiger partial charge in [0.15, 0.2) is 18.1 Å². The number of nitrogens with zero attached hydrogens (tertiary/aromatic N) is 1. The number of para-hydroxylation sites is 1. The number of rotatable bonds is 9. The third-order valence-electron chi connectivity index (χ3n) is 5.52. The van der Waals surface area contributed by atoms with E-state index in [9.17, 15) is 23.6 Å². The number of imide groups is 2. The monoisotopic (exact) mass is 533 g/mol. The van der Waals surface area contributed by atoms with Crippen LogP contribution in [0.25, 0.3) is 6.08 Å². The molecule has 0 bridgehead atoms. The molecule has 2 N–H and O–H groups in total. The molecular formula is C28H24FN3O7. The maximum atomic E-state index is 13.8. The molecule has 4 rings (SSSR count). The largest absolute Gasteiger partial charge is 0.497 e. The predicted octanol–water partition coefficient (Wildman–Crippen LogP) is 3.92. The van der Waals surface area contributed by atoms with Crippen LogP contribution in [0.2, 0.25) is 0 Å². The Morgan fingerprint density at radius 2 is 1.74 bits per heavy atom. The van der Waals surface area contributed by atoms with Crippen molar-refractivity contribution in [1.29, 1.82) is 0 Å². The summed E-state index contributed by atoms with van der Waals surface area (Å²) in [7, 11) is 1.49. The van der Waals surface area contributed by atoms with Crippen molar-refractivity contribution in [2.75, 3.05) is 30.5 Å². The highest BCUT2D eigenvalue weighted by molar-refractivity contribution is 6.39. The quantitative estimate of drug-likeness (QED) is 0.316. The molecular weight excluding hydrogens is 509 g/mol. The Bertz CT molecular complexity index is 1450. The lowest BCUT2D eigenvalue weighted by molar-refractivity contribution is -0.122. The van der Waals surface area contributed by atoms with Crippen molar-refractivity contribution in [2.45, 2.75) is 6.92 Å². The van der Waals surface area contributed by atoms with Gasteiger partial charge in [0.05, 0.1) is 25.1 Å². The van der Waals surface area contributed by atoms with Crippen molar-refractivity contribution in [3.05, 3.63) is 83.7 Å². The number of amides is 5. The number of hydrogen-bond donors (Lipinski definition) is 2. The maximum absolute atomic E-state index is 13.8. The molecule has 0 radical (unpaired) electrons. The van der Waals surface area contributed by atoms with E-state index < -0.39 is 36.2 Å². The third kappa shape index (κ3) is 6.21. The summed E-state index contributed by atoms with van der Waals surface area (Å²) in [6, 6.07) is 15.6. The van der Waals surface area contributed by atoms with Crippen LogP contribution >= 0.6 is 0 Å². The van der Waals surface area contributed by atoms with E-state index in [1.165, 1.54) is 55.7 Å². The van der Waals surface area contributed by atoms with Crippen molar-refractivity contribution in [1.82, 2.24) is 5.32 Å². The number of hydrogen-bond acceptors (Lipinski definition) is 7. The number of urea groups is 1. The number of ether oxygens (including phenoxy) is 3. The number of carbonyl (C=O) groups excluding carboxylic acids is 4. The van der Waals surface area contributed by atoms with E-state index in [0.717, 1.165) is 4.90 Å². The summed E-state index contributed by atoms with van der Waals surface area (Å²) in [6.45, 7) is 1.59. The molecule has 39 heavy (non-hydrogen) atoms. The zero-order chi connectivity index (χ0) is 27.9. The Kier molecular flexibility index (Phi) is 8.20. The topological polar surface area (TPSA) is 123 Å². The van der Waals surface area contributed by atoms with Gasteiger partial charge in [-0.1, -0.05) is 18.2 Å². The minimum absolute atomic E-state index is 0.0238. The molecule has 10 nitrogen and oxygen atoms in total. The molecule has 1 saturated heterocycles. The second-order valence-corrected chi connectivity index (χ2v) is 8.11. The molecule has 0 saturated carbocycles. The van der Waals surface area contributed by atoms with Gasteiger partial charge < -0.3 is 19.5 Å². The highest BCUT2D eigenvalue weighted by Crippen LogP contribution is 2.30. The van der Waals surface area contributed by atoms with Crippen LogP contribution in [0.4, 0.5) is 20.6 Å². The molecule has 1 heterocycles. The van der Waals surface area contributed by atoms with E-state index in [1.54, 1.807) is 31.2 Å². The lowest BCUT2D eigenvalue weighted by Crippen LogP contribution is -2.54. The second kappa shape index (κ2) is 11.9. The summed E-state index contributed by atoms with van der Waals surface area (Å²) >= 11 is 0. The van der Waals surface area contributed by atoms with Crippen molar-refractivity contribution in [3.8, 4) is 17.2 Å². The van der Waals surface area contributed by atoms with Crippen LogP contribution in [0.3, 0.4) is 0 Å². The maximum Gasteiger partial charge on any atom is 0.335 e. The van der Waals surface area contributed by atoms with E-state index in [4.69, 9.17) is 14.2 Å². The van der Waals surface area contributed by atoms with E-state index >= 15 is 0 Å². The van der Waals surface area contributed by atoms with Gasteiger partial charge in [-0.25, -0.2) is 14.1 Å². The first kappa shape index (κ1) is 26.9. The van der Waals surface area contributed by atoms with Gasteiger partial charge in [0.1, 0.15) is 17.1 Å². The van der Waals surface area contributed by atoms with Gasteiger partial charge in [0.25, 0.3) is 17.7 Å². The van der Waals surface area contributed by atoms with Crippen LogP contribution < -0.4 is 29.7 Å². The van der Waals surface area contributed by atoms with Crippen LogP contribution in [0.15, 0.2) is 72.3 Å². The minimum Gasteiger partial charge on any atom is -0.497 e. The fourth-order valence-corrected chi connectivity index (χ4v) is 3.68. The Morgan fingerprint density at radius 3 is 2.44 bits per heavy atom. The summed E-state index contributed by atoms with van der Waals surface area (Å²) in [5.74, 6) is -1.82. The number of nitrogens with one attached hydrogen (secondary N) is 2. The van der Waals surface area contributed by atoms with Gasteiger partial charge in [-0.15, -0.1) is 0 Å². The van der Waals surface area contributed by atoms with Crippen molar-refractivity contribution in [2.24, 2.45) is 0 Å². The fraction of sp³-hybridized carbons (Fsp3) is 0.143. The molecule has 0 aromatic heterocycles. The average molecular weight is 534 g/mol. The normalized spacial score (nSPS) is 14.2. The van der Waals surface area contributed by atoms with E-state index in [-0.39, 0.29) is 35.1 Å². The number of barbiturate groups is 1. The average Bonchev–Trinajstić information content (AvgIpc) is 2.92. The Hall–Kier alpha value is -5.19. The summed E-state index contributed by atoms with van der Waals surface area (Å²) in [5, 5.41) is 4.59. The van der Waals surface area contributed by atoms with E-state index in [2.05, 4.69) is 10.6 Å². The third-order valence-corrected chi connectivity index (χ3v) is 5.52. The first-order chi connectivity index (χ1) is 18.8. The van der Waals surface area contributed by atoms with Gasteiger partial charge in [0, 0.05) is 0 Å². The summed E-state index contributed by atoms with van der Waals surface area (Å²) in [4.78, 5) is 51.2. The molecule has 3 aromatic carbocycles. The number of carbonyl (C=O) groups is 4. The van der Waals surface area contributed by atoms with Crippen molar-refractivity contribution in [3.63, 3.8) is 0 Å². The molecule has 0 aliphatic carbocycles. The summed E-state index contributed by atoms with van der Waals surface area (Å²) in [6.07, 6.45) is 1.32. The molecule has 3 aromatic rings. The van der Waals surface area contributed by atoms with Crippen LogP contribution in [0.1, 0.15) is 12.5 Å². The number of anilines is 2. The molecule has 0 spiro atoms. The zero-order valence-electron chi connectivity index (χ0n) is 21.0. The van der Waals surface area contributed by atoms with Crippen LogP contribution in [-0.4, -0.2) is 44.1 Å². The number of benzene rings is 3. The van der Waals surface area contributed by atoms with Crippen molar-refractivity contribution >= 4 is 41.2 Å². The van der Waals surface area contributed by atoms with Gasteiger partial charge in [-0.3, -0.25) is 19.7 Å². The summed E-state index contributed by atoms with van der Waals surface area (Å²) in [5.41, 5.74) is 0.412. The standard InChI is InChI=1S/C28H24FN3O7/c1-3-38-24-15-17(8-13-23(24)39-16-25(33)30-22-7-5-4-6-21(22)29)14-20-26(34)31-28(36)32(27(20)35)18-9-11-19(37-2)12-10-18/h4-15H,3,16H2,1-2H3,(H,30,33)(H,31,34,36)/b20-14+. The second-order valence-electron chi connectivity index (χ2n) is 8.11. The Labute approximate surface area is 223 Å². The first-order valence-electron chi connectivity index (χ1n) is 11.8. The fourth-order valence-electron chi connectivity index (χ4n) is 3.68. The smallest absolute Gasteiger partial charge is 0.335 e. The molecule has 0 unspecified atom stereocenters. The van der Waals surface area contributed by atoms with Crippen LogP contribution in [-0.2, 0) is 14.4 Å². The minimum atomic E-state index is -0.875. The van der Waals surface area contributed by atoms with Gasteiger partial charge >= 0.3 is 6.03 Å². The van der Waals surface area contributed by atoms with Gasteiger partial charge in [-0.2, -0.15) is 0 Å². The zero-order valence-corrected chi connectivity index (χ0v) is 21.0. The Morgan fingerprint density at radius 1 is 1.00 bits per heavy atom. The van der Waals surface area contributed by atoms with Crippen LogP contribution in [0.5, 0.6) is 17.2 Å². The molecule has 1 aliphatic heterocycles. The molecule has 5 amide bonds. The lowest BCUT2D eigenvalue weighted by atomic mass is 10.1. The lowest BCUT2D eigenvalue weighted by Gasteiger charge is -2.26. The number of methoxy groups -OCH3 is 1. The van der Waals surface area contributed by atoms with E-state index in [0.29, 0.717) is 11.3 Å². The van der Waals surface area contributed by atoms with Gasteiger partial charge in [-0.05, 0) is 67.1 Å². The highest BCUT2D eigenvalue weighted by atomic mass is 19.1. The Balaban J connectivity index is 1.53. The first-order valence-corrected chi connectivity index (χ1v) is 11.8.